The lowest BCUT2D eigenvalue weighted by Crippen LogP contribution is -2.58. The minimum absolute atomic E-state index is 0.0503. The van der Waals surface area contributed by atoms with Gasteiger partial charge in [-0.15, -0.1) is 0 Å². The molecule has 14 heteroatoms. The molecule has 3 aromatic heterocycles. The van der Waals surface area contributed by atoms with E-state index in [2.05, 4.69) is 36.2 Å². The molecule has 0 unspecified atom stereocenters. The van der Waals surface area contributed by atoms with Crippen molar-refractivity contribution in [2.75, 3.05) is 13.1 Å². The Bertz CT molecular complexity index is 2270. The third-order valence-electron chi connectivity index (χ3n) is 9.61. The first-order valence-corrected chi connectivity index (χ1v) is 18.9. The fraction of sp³-hybridized carbons (Fsp3) is 0.262. The Morgan fingerprint density at radius 1 is 0.714 bits per heavy atom. The van der Waals surface area contributed by atoms with E-state index in [1.165, 1.54) is 0 Å². The zero-order chi connectivity index (χ0) is 39.4. The largest absolute Gasteiger partial charge is 0.508 e. The molecule has 0 bridgehead atoms. The number of benzene rings is 3. The van der Waals surface area contributed by atoms with Crippen molar-refractivity contribution < 1.29 is 24.3 Å². The number of aromatic amines is 2. The number of phenols is 1. The number of pyridine rings is 1. The van der Waals surface area contributed by atoms with Crippen LogP contribution < -0.4 is 27.0 Å². The Kier molecular flexibility index (Phi) is 13.3. The molecule has 0 aliphatic heterocycles. The fourth-order valence-corrected chi connectivity index (χ4v) is 6.78. The van der Waals surface area contributed by atoms with Gasteiger partial charge in [0.25, 0.3) is 0 Å². The van der Waals surface area contributed by atoms with Gasteiger partial charge in [-0.05, 0) is 90.2 Å². The highest BCUT2D eigenvalue weighted by atomic mass is 35.5. The van der Waals surface area contributed by atoms with Gasteiger partial charge in [0.15, 0.2) is 0 Å². The van der Waals surface area contributed by atoms with Crippen molar-refractivity contribution in [2.45, 2.75) is 56.7 Å². The molecule has 0 radical (unpaired) electrons. The third kappa shape index (κ3) is 10.5. The summed E-state index contributed by atoms with van der Waals surface area (Å²) in [6, 6.07) is 20.0. The number of hydrogen-bond donors (Lipinski definition) is 8. The highest BCUT2D eigenvalue weighted by molar-refractivity contribution is 6.30. The van der Waals surface area contributed by atoms with Crippen molar-refractivity contribution >= 4 is 57.0 Å². The third-order valence-corrected chi connectivity index (χ3v) is 9.86. The van der Waals surface area contributed by atoms with Gasteiger partial charge in [0.1, 0.15) is 23.9 Å². The smallest absolute Gasteiger partial charge is 0.243 e. The zero-order valence-corrected chi connectivity index (χ0v) is 31.4. The van der Waals surface area contributed by atoms with E-state index in [0.29, 0.717) is 47.5 Å². The van der Waals surface area contributed by atoms with E-state index < -0.39 is 29.9 Å². The molecule has 0 saturated carbocycles. The maximum Gasteiger partial charge on any atom is 0.243 e. The number of carbonyl (C=O) groups is 4. The average molecular weight is 777 g/mol. The molecule has 290 valence electrons. The second-order valence-electron chi connectivity index (χ2n) is 13.7. The van der Waals surface area contributed by atoms with Crippen LogP contribution in [-0.4, -0.2) is 74.9 Å². The molecule has 0 spiro atoms. The number of carbonyl (C=O) groups excluding carboxylic acids is 4. The van der Waals surface area contributed by atoms with Crippen LogP contribution in [0.5, 0.6) is 5.75 Å². The summed E-state index contributed by atoms with van der Waals surface area (Å²) in [7, 11) is 0. The summed E-state index contributed by atoms with van der Waals surface area (Å²) in [6.07, 6.45) is 8.25. The maximum atomic E-state index is 14.3. The molecule has 0 saturated heterocycles. The minimum atomic E-state index is -1.15. The minimum Gasteiger partial charge on any atom is -0.508 e. The number of aromatic hydroxyl groups is 1. The van der Waals surface area contributed by atoms with E-state index in [0.717, 1.165) is 27.5 Å². The number of nitrogens with one attached hydrogen (secondary N) is 6. The molecule has 3 atom stereocenters. The zero-order valence-electron chi connectivity index (χ0n) is 30.7. The first kappa shape index (κ1) is 39.5. The predicted octanol–water partition coefficient (Wildman–Crippen LogP) is 3.98. The number of H-pyrrole nitrogens is 2. The van der Waals surface area contributed by atoms with Gasteiger partial charge < -0.3 is 42.1 Å². The molecule has 0 fully saturated rings. The summed E-state index contributed by atoms with van der Waals surface area (Å²) in [5, 5.41) is 24.0. The second-order valence-corrected chi connectivity index (χ2v) is 14.1. The summed E-state index contributed by atoms with van der Waals surface area (Å²) < 4.78 is 0. The van der Waals surface area contributed by atoms with Crippen molar-refractivity contribution in [3.63, 3.8) is 0 Å². The molecule has 4 amide bonds. The number of aromatic nitrogens is 3. The Labute approximate surface area is 328 Å². The normalized spacial score (nSPS) is 12.8. The number of rotatable bonds is 18. The van der Waals surface area contributed by atoms with Crippen molar-refractivity contribution in [1.82, 2.24) is 36.2 Å². The monoisotopic (exact) mass is 776 g/mol. The predicted molar refractivity (Wildman–Crippen MR) is 216 cm³/mol. The standard InChI is InChI=1S/C42H45ClN8O5/c43-30-9-7-26(8-10-30)20-37(51-42(56)38(49-39(53)6-3-16-44)22-29-25-48-35-12-11-31(52)23-33(29)35)41(55)50-36(21-27-13-17-45-18-14-27)40(54)46-19-15-28-24-47-34-5-2-1-4-32(28)34/h1-2,4-5,7-14,17-18,23-25,36-38,47-48,52H,3,6,15-16,19-22,44H2,(H,46,54)(H,49,53)(H,50,55)(H,51,56)/t36-,37-,38-/m0/s1. The van der Waals surface area contributed by atoms with Crippen LogP contribution in [0.2, 0.25) is 5.02 Å². The molecule has 56 heavy (non-hydrogen) atoms. The van der Waals surface area contributed by atoms with Crippen LogP contribution in [0.4, 0.5) is 0 Å². The van der Waals surface area contributed by atoms with Crippen molar-refractivity contribution in [2.24, 2.45) is 5.73 Å². The molecule has 0 aliphatic rings. The topological polar surface area (TPSA) is 207 Å². The number of para-hydroxylation sites is 1. The van der Waals surface area contributed by atoms with Gasteiger partial charge in [0.05, 0.1) is 0 Å². The van der Waals surface area contributed by atoms with Gasteiger partial charge in [0.2, 0.25) is 23.6 Å². The van der Waals surface area contributed by atoms with E-state index in [1.807, 2.05) is 30.5 Å². The quantitative estimate of drug-likeness (QED) is 0.0644. The lowest BCUT2D eigenvalue weighted by atomic mass is 10.0. The molecule has 13 nitrogen and oxygen atoms in total. The summed E-state index contributed by atoms with van der Waals surface area (Å²) in [4.78, 5) is 65.8. The van der Waals surface area contributed by atoms with Gasteiger partial charge in [-0.3, -0.25) is 24.2 Å². The summed E-state index contributed by atoms with van der Waals surface area (Å²) in [5.74, 6) is -1.92. The Hall–Kier alpha value is -6.18. The lowest BCUT2D eigenvalue weighted by Gasteiger charge is -2.26. The Morgan fingerprint density at radius 3 is 2.05 bits per heavy atom. The molecular formula is C42H45ClN8O5. The van der Waals surface area contributed by atoms with E-state index in [-0.39, 0.29) is 43.2 Å². The van der Waals surface area contributed by atoms with Gasteiger partial charge in [-0.25, -0.2) is 0 Å². The van der Waals surface area contributed by atoms with Crippen LogP contribution in [0.25, 0.3) is 21.8 Å². The molecule has 0 aliphatic carbocycles. The molecule has 3 aromatic carbocycles. The highest BCUT2D eigenvalue weighted by Crippen LogP contribution is 2.24. The van der Waals surface area contributed by atoms with Crippen LogP contribution in [0.15, 0.2) is 104 Å². The van der Waals surface area contributed by atoms with Crippen LogP contribution in [0, 0.1) is 0 Å². The first-order chi connectivity index (χ1) is 27.2. The van der Waals surface area contributed by atoms with E-state index in [9.17, 15) is 24.3 Å². The van der Waals surface area contributed by atoms with Crippen molar-refractivity contribution in [1.29, 1.82) is 0 Å². The van der Waals surface area contributed by atoms with Crippen LogP contribution in [-0.2, 0) is 44.9 Å². The van der Waals surface area contributed by atoms with E-state index >= 15 is 0 Å². The lowest BCUT2D eigenvalue weighted by molar-refractivity contribution is -0.133. The summed E-state index contributed by atoms with van der Waals surface area (Å²) in [6.45, 7) is 0.623. The number of halogens is 1. The molecule has 6 rings (SSSR count). The first-order valence-electron chi connectivity index (χ1n) is 18.5. The average Bonchev–Trinajstić information content (AvgIpc) is 3.80. The van der Waals surface area contributed by atoms with Crippen LogP contribution in [0.3, 0.4) is 0 Å². The molecule has 9 N–H and O–H groups in total. The number of nitrogens with zero attached hydrogens (tertiary/aromatic N) is 1. The number of nitrogens with two attached hydrogens (primary N) is 1. The molecular weight excluding hydrogens is 732 g/mol. The van der Waals surface area contributed by atoms with E-state index in [4.69, 9.17) is 17.3 Å². The highest BCUT2D eigenvalue weighted by Gasteiger charge is 2.31. The Balaban J connectivity index is 1.23. The van der Waals surface area contributed by atoms with Crippen LogP contribution in [0.1, 0.15) is 35.1 Å². The molecule has 3 heterocycles. The molecule has 6 aromatic rings. The van der Waals surface area contributed by atoms with Crippen LogP contribution >= 0.6 is 11.6 Å². The van der Waals surface area contributed by atoms with Gasteiger partial charge in [-0.2, -0.15) is 0 Å². The van der Waals surface area contributed by atoms with Crippen molar-refractivity contribution in [3.8, 4) is 5.75 Å². The number of hydrogen-bond acceptors (Lipinski definition) is 7. The van der Waals surface area contributed by atoms with Crippen molar-refractivity contribution in [3.05, 3.63) is 131 Å². The Morgan fingerprint density at radius 2 is 1.34 bits per heavy atom. The number of phenolic OH excluding ortho intramolecular Hbond substituents is 1. The SMILES string of the molecule is NCCCC(=O)N[C@@H](Cc1c[nH]c2ccc(O)cc12)C(=O)N[C@@H](Cc1ccc(Cl)cc1)C(=O)N[C@@H](Cc1ccncc1)C(=O)NCCc1c[nH]c2ccccc12. The maximum absolute atomic E-state index is 14.3. The van der Waals surface area contributed by atoms with E-state index in [1.54, 1.807) is 73.2 Å². The van der Waals surface area contributed by atoms with Gasteiger partial charge in [0, 0.05) is 83.8 Å². The second kappa shape index (κ2) is 18.9. The number of amides is 4. The fourth-order valence-electron chi connectivity index (χ4n) is 6.65. The van der Waals surface area contributed by atoms with Gasteiger partial charge in [-0.1, -0.05) is 41.9 Å². The summed E-state index contributed by atoms with van der Waals surface area (Å²) in [5.41, 5.74) is 10.6. The summed E-state index contributed by atoms with van der Waals surface area (Å²) >= 11 is 6.16. The number of fused-ring (bicyclic) bond motifs is 2. The van der Waals surface area contributed by atoms with Gasteiger partial charge >= 0.3 is 0 Å².